The normalized spacial score (nSPS) is 31.6. The van der Waals surface area contributed by atoms with Gasteiger partial charge in [-0.1, -0.05) is 57.5 Å². The van der Waals surface area contributed by atoms with Crippen LogP contribution in [0.15, 0.2) is 30.3 Å². The number of hydrogen-bond donors (Lipinski definition) is 1. The van der Waals surface area contributed by atoms with Crippen molar-refractivity contribution in [3.05, 3.63) is 35.9 Å². The fourth-order valence-electron chi connectivity index (χ4n) is 3.84. The molecule has 3 atom stereocenters. The van der Waals surface area contributed by atoms with Gasteiger partial charge in [0, 0.05) is 0 Å². The molecular formula is C18H28O. The highest BCUT2D eigenvalue weighted by Crippen LogP contribution is 2.43. The van der Waals surface area contributed by atoms with Gasteiger partial charge in [-0.3, -0.25) is 0 Å². The van der Waals surface area contributed by atoms with Gasteiger partial charge in [0.05, 0.1) is 5.60 Å². The lowest BCUT2D eigenvalue weighted by Gasteiger charge is -2.45. The first-order valence-electron chi connectivity index (χ1n) is 7.77. The highest BCUT2D eigenvalue weighted by atomic mass is 16.3. The zero-order chi connectivity index (χ0) is 13.9. The van der Waals surface area contributed by atoms with Crippen molar-refractivity contribution in [2.24, 2.45) is 17.8 Å². The summed E-state index contributed by atoms with van der Waals surface area (Å²) in [6, 6.07) is 10.6. The number of rotatable bonds is 4. The quantitative estimate of drug-likeness (QED) is 0.848. The van der Waals surface area contributed by atoms with E-state index in [0.29, 0.717) is 17.8 Å². The Balaban J connectivity index is 2.05. The van der Waals surface area contributed by atoms with E-state index in [1.54, 1.807) is 0 Å². The van der Waals surface area contributed by atoms with Gasteiger partial charge in [-0.15, -0.1) is 0 Å². The summed E-state index contributed by atoms with van der Waals surface area (Å²) in [6.45, 7) is 6.80. The summed E-state index contributed by atoms with van der Waals surface area (Å²) in [5.74, 6) is 1.71. The third kappa shape index (κ3) is 3.60. The molecule has 1 nitrogen and oxygen atoms in total. The Labute approximate surface area is 118 Å². The zero-order valence-electron chi connectivity index (χ0n) is 12.6. The van der Waals surface area contributed by atoms with Crippen molar-refractivity contribution >= 4 is 0 Å². The molecule has 1 heteroatoms. The summed E-state index contributed by atoms with van der Waals surface area (Å²) in [4.78, 5) is 0. The van der Waals surface area contributed by atoms with Crippen LogP contribution in [-0.4, -0.2) is 10.7 Å². The molecule has 1 fully saturated rings. The average molecular weight is 260 g/mol. The van der Waals surface area contributed by atoms with Crippen molar-refractivity contribution in [3.63, 3.8) is 0 Å². The van der Waals surface area contributed by atoms with Crippen LogP contribution >= 0.6 is 0 Å². The van der Waals surface area contributed by atoms with Crippen molar-refractivity contribution < 1.29 is 5.11 Å². The van der Waals surface area contributed by atoms with Gasteiger partial charge in [0.2, 0.25) is 0 Å². The van der Waals surface area contributed by atoms with E-state index < -0.39 is 5.60 Å². The highest BCUT2D eigenvalue weighted by molar-refractivity contribution is 5.15. The van der Waals surface area contributed by atoms with Crippen molar-refractivity contribution in [1.82, 2.24) is 0 Å². The molecule has 0 aromatic heterocycles. The molecule has 1 aliphatic carbocycles. The predicted octanol–water partition coefficient (Wildman–Crippen LogP) is 4.44. The van der Waals surface area contributed by atoms with Gasteiger partial charge in [-0.05, 0) is 49.0 Å². The van der Waals surface area contributed by atoms with Gasteiger partial charge < -0.3 is 5.11 Å². The van der Waals surface area contributed by atoms with Gasteiger partial charge in [0.25, 0.3) is 0 Å². The third-order valence-electron chi connectivity index (χ3n) is 4.86. The van der Waals surface area contributed by atoms with Crippen LogP contribution in [0.2, 0.25) is 0 Å². The molecule has 3 unspecified atom stereocenters. The Morgan fingerprint density at radius 2 is 1.89 bits per heavy atom. The number of aliphatic hydroxyl groups is 1. The number of aryl methyl sites for hydroxylation is 1. The SMILES string of the molecule is CC1CCC(C(C)C)C(O)(CCc2ccccc2)C1. The van der Waals surface area contributed by atoms with E-state index in [9.17, 15) is 5.11 Å². The lowest BCUT2D eigenvalue weighted by atomic mass is 9.65. The fraction of sp³-hybridized carbons (Fsp3) is 0.667. The van der Waals surface area contributed by atoms with E-state index in [0.717, 1.165) is 19.3 Å². The second-order valence-electron chi connectivity index (χ2n) is 6.83. The van der Waals surface area contributed by atoms with Gasteiger partial charge in [-0.25, -0.2) is 0 Å². The third-order valence-corrected chi connectivity index (χ3v) is 4.86. The van der Waals surface area contributed by atoms with Crippen LogP contribution in [0.3, 0.4) is 0 Å². The highest BCUT2D eigenvalue weighted by Gasteiger charge is 2.42. The summed E-state index contributed by atoms with van der Waals surface area (Å²) in [6.07, 6.45) is 5.33. The molecule has 0 amide bonds. The van der Waals surface area contributed by atoms with Crippen molar-refractivity contribution in [2.45, 2.75) is 58.5 Å². The van der Waals surface area contributed by atoms with Gasteiger partial charge in [0.1, 0.15) is 0 Å². The summed E-state index contributed by atoms with van der Waals surface area (Å²) in [5.41, 5.74) is 0.887. The molecule has 1 N–H and O–H groups in total. The Bertz CT molecular complexity index is 384. The molecule has 0 bridgehead atoms. The van der Waals surface area contributed by atoms with Crippen LogP contribution in [0.1, 0.15) is 52.0 Å². The van der Waals surface area contributed by atoms with Crippen molar-refractivity contribution in [3.8, 4) is 0 Å². The molecule has 0 aliphatic heterocycles. The second kappa shape index (κ2) is 6.09. The van der Waals surface area contributed by atoms with Crippen LogP contribution in [0.4, 0.5) is 0 Å². The molecule has 19 heavy (non-hydrogen) atoms. The molecular weight excluding hydrogens is 232 g/mol. The van der Waals surface area contributed by atoms with Crippen LogP contribution in [-0.2, 0) is 6.42 Å². The van der Waals surface area contributed by atoms with E-state index in [1.165, 1.54) is 18.4 Å². The minimum Gasteiger partial charge on any atom is -0.390 e. The standard InChI is InChI=1S/C18H28O/c1-14(2)17-10-9-15(3)13-18(17,19)12-11-16-7-5-4-6-8-16/h4-8,14-15,17,19H,9-13H2,1-3H3. The van der Waals surface area contributed by atoms with E-state index in [4.69, 9.17) is 0 Å². The first-order chi connectivity index (χ1) is 9.01. The van der Waals surface area contributed by atoms with E-state index >= 15 is 0 Å². The number of benzene rings is 1. The maximum absolute atomic E-state index is 11.1. The second-order valence-corrected chi connectivity index (χ2v) is 6.83. The smallest absolute Gasteiger partial charge is 0.0684 e. The zero-order valence-corrected chi connectivity index (χ0v) is 12.6. The minimum absolute atomic E-state index is 0.457. The largest absolute Gasteiger partial charge is 0.390 e. The lowest BCUT2D eigenvalue weighted by Crippen LogP contribution is -2.45. The molecule has 0 saturated heterocycles. The first kappa shape index (κ1) is 14.6. The number of hydrogen-bond acceptors (Lipinski definition) is 1. The van der Waals surface area contributed by atoms with Crippen molar-refractivity contribution in [1.29, 1.82) is 0 Å². The van der Waals surface area contributed by atoms with Gasteiger partial charge in [-0.2, -0.15) is 0 Å². The Hall–Kier alpha value is -0.820. The van der Waals surface area contributed by atoms with Crippen molar-refractivity contribution in [2.75, 3.05) is 0 Å². The van der Waals surface area contributed by atoms with E-state index in [-0.39, 0.29) is 0 Å². The molecule has 1 aliphatic rings. The topological polar surface area (TPSA) is 20.2 Å². The summed E-state index contributed by atoms with van der Waals surface area (Å²) < 4.78 is 0. The molecule has 0 heterocycles. The monoisotopic (exact) mass is 260 g/mol. The minimum atomic E-state index is -0.457. The Morgan fingerprint density at radius 3 is 2.53 bits per heavy atom. The lowest BCUT2D eigenvalue weighted by molar-refractivity contribution is -0.0855. The Kier molecular flexibility index (Phi) is 4.67. The van der Waals surface area contributed by atoms with Crippen LogP contribution in [0.5, 0.6) is 0 Å². The average Bonchev–Trinajstić information content (AvgIpc) is 2.37. The fourth-order valence-corrected chi connectivity index (χ4v) is 3.84. The molecule has 1 saturated carbocycles. The van der Waals surface area contributed by atoms with Gasteiger partial charge >= 0.3 is 0 Å². The molecule has 0 spiro atoms. The first-order valence-corrected chi connectivity index (χ1v) is 7.77. The maximum Gasteiger partial charge on any atom is 0.0684 e. The molecule has 0 radical (unpaired) electrons. The summed E-state index contributed by atoms with van der Waals surface area (Å²) in [5, 5.41) is 11.1. The summed E-state index contributed by atoms with van der Waals surface area (Å²) in [7, 11) is 0. The predicted molar refractivity (Wildman–Crippen MR) is 81.1 cm³/mol. The van der Waals surface area contributed by atoms with E-state index in [1.807, 2.05) is 0 Å². The molecule has 2 rings (SSSR count). The molecule has 106 valence electrons. The van der Waals surface area contributed by atoms with E-state index in [2.05, 4.69) is 51.1 Å². The van der Waals surface area contributed by atoms with Crippen LogP contribution in [0, 0.1) is 17.8 Å². The molecule has 1 aromatic rings. The summed E-state index contributed by atoms with van der Waals surface area (Å²) >= 11 is 0. The molecule has 1 aromatic carbocycles. The van der Waals surface area contributed by atoms with Crippen LogP contribution < -0.4 is 0 Å². The Morgan fingerprint density at radius 1 is 1.21 bits per heavy atom. The maximum atomic E-state index is 11.1. The van der Waals surface area contributed by atoms with Crippen LogP contribution in [0.25, 0.3) is 0 Å². The van der Waals surface area contributed by atoms with Gasteiger partial charge in [0.15, 0.2) is 0 Å².